The van der Waals surface area contributed by atoms with Crippen LogP contribution in [0.1, 0.15) is 29.7 Å². The molecule has 0 saturated heterocycles. The molecule has 116 valence electrons. The molecule has 3 N–H and O–H groups in total. The summed E-state index contributed by atoms with van der Waals surface area (Å²) in [5.74, 6) is 0.514. The van der Waals surface area contributed by atoms with Crippen LogP contribution in [-0.4, -0.2) is 15.3 Å². The van der Waals surface area contributed by atoms with Crippen LogP contribution in [-0.2, 0) is 6.42 Å². The van der Waals surface area contributed by atoms with Crippen molar-refractivity contribution in [1.82, 2.24) is 10.2 Å². The molecule has 2 aromatic carbocycles. The summed E-state index contributed by atoms with van der Waals surface area (Å²) in [5.41, 5.74) is 5.64. The van der Waals surface area contributed by atoms with Gasteiger partial charge in [-0.3, -0.25) is 5.10 Å². The van der Waals surface area contributed by atoms with E-state index in [0.717, 1.165) is 39.5 Å². The van der Waals surface area contributed by atoms with E-state index in [4.69, 9.17) is 0 Å². The van der Waals surface area contributed by atoms with Crippen molar-refractivity contribution in [2.75, 3.05) is 5.32 Å². The Hall–Kier alpha value is -2.66. The second kappa shape index (κ2) is 5.21. The van der Waals surface area contributed by atoms with Crippen LogP contribution in [0.2, 0.25) is 0 Å². The van der Waals surface area contributed by atoms with E-state index in [1.165, 1.54) is 6.07 Å². The largest absolute Gasteiger partial charge is 0.389 e. The molecule has 3 aromatic rings. The number of benzene rings is 2. The Morgan fingerprint density at radius 2 is 2.13 bits per heavy atom. The zero-order chi connectivity index (χ0) is 16.0. The van der Waals surface area contributed by atoms with Gasteiger partial charge in [0.15, 0.2) is 5.82 Å². The van der Waals surface area contributed by atoms with Gasteiger partial charge in [-0.05, 0) is 48.4 Å². The first-order chi connectivity index (χ1) is 11.1. The maximum Gasteiger partial charge on any atom is 0.156 e. The summed E-state index contributed by atoms with van der Waals surface area (Å²) in [6, 6.07) is 12.4. The van der Waals surface area contributed by atoms with Gasteiger partial charge in [0.1, 0.15) is 5.82 Å². The Balaban J connectivity index is 1.66. The Morgan fingerprint density at radius 3 is 2.96 bits per heavy atom. The number of anilines is 2. The van der Waals surface area contributed by atoms with Crippen molar-refractivity contribution < 1.29 is 9.50 Å². The molecule has 1 aliphatic rings. The molecule has 0 saturated carbocycles. The van der Waals surface area contributed by atoms with E-state index < -0.39 is 6.10 Å². The van der Waals surface area contributed by atoms with Gasteiger partial charge in [0.05, 0.1) is 11.8 Å². The van der Waals surface area contributed by atoms with Crippen LogP contribution in [0.25, 0.3) is 11.3 Å². The van der Waals surface area contributed by atoms with E-state index in [2.05, 4.69) is 15.5 Å². The third-order valence-corrected chi connectivity index (χ3v) is 4.20. The van der Waals surface area contributed by atoms with Crippen molar-refractivity contribution >= 4 is 11.5 Å². The Labute approximate surface area is 133 Å². The van der Waals surface area contributed by atoms with Crippen molar-refractivity contribution in [3.8, 4) is 11.3 Å². The van der Waals surface area contributed by atoms with Crippen molar-refractivity contribution in [1.29, 1.82) is 0 Å². The molecule has 1 heterocycles. The number of nitrogens with zero attached hydrogens (tertiary/aromatic N) is 1. The van der Waals surface area contributed by atoms with Gasteiger partial charge in [-0.1, -0.05) is 12.1 Å². The molecule has 23 heavy (non-hydrogen) atoms. The lowest BCUT2D eigenvalue weighted by Gasteiger charge is -2.09. The van der Waals surface area contributed by atoms with Crippen LogP contribution in [0.5, 0.6) is 0 Å². The number of aliphatic hydroxyl groups excluding tert-OH is 1. The third kappa shape index (κ3) is 2.39. The zero-order valence-corrected chi connectivity index (χ0v) is 12.6. The SMILES string of the molecule is CC(O)c1cccc(Nc2n[nH]c3c2Cc2cc(F)ccc2-3)c1. The van der Waals surface area contributed by atoms with Crippen molar-refractivity contribution in [2.45, 2.75) is 19.4 Å². The molecular weight excluding hydrogens is 293 g/mol. The number of halogens is 1. The number of aliphatic hydroxyl groups is 1. The standard InChI is InChI=1S/C18H16FN3O/c1-10(23)11-3-2-4-14(8-11)20-18-16-9-12-7-13(19)5-6-15(12)17(16)21-22-18/h2-8,10,23H,9H2,1H3,(H2,20,21,22). The molecule has 1 aliphatic carbocycles. The van der Waals surface area contributed by atoms with Gasteiger partial charge in [-0.15, -0.1) is 0 Å². The highest BCUT2D eigenvalue weighted by Gasteiger charge is 2.24. The number of aromatic nitrogens is 2. The van der Waals surface area contributed by atoms with Gasteiger partial charge in [0.25, 0.3) is 0 Å². The highest BCUT2D eigenvalue weighted by molar-refractivity contribution is 5.79. The fourth-order valence-electron chi connectivity index (χ4n) is 3.02. The summed E-state index contributed by atoms with van der Waals surface area (Å²) in [7, 11) is 0. The average molecular weight is 309 g/mol. The topological polar surface area (TPSA) is 60.9 Å². The first kappa shape index (κ1) is 14.0. The lowest BCUT2D eigenvalue weighted by molar-refractivity contribution is 0.199. The average Bonchev–Trinajstić information content (AvgIpc) is 3.07. The van der Waals surface area contributed by atoms with E-state index in [9.17, 15) is 9.50 Å². The highest BCUT2D eigenvalue weighted by atomic mass is 19.1. The van der Waals surface area contributed by atoms with Crippen LogP contribution < -0.4 is 5.32 Å². The Bertz CT molecular complexity index is 886. The minimum Gasteiger partial charge on any atom is -0.389 e. The summed E-state index contributed by atoms with van der Waals surface area (Å²) in [4.78, 5) is 0. The van der Waals surface area contributed by atoms with Crippen molar-refractivity contribution in [3.63, 3.8) is 0 Å². The highest BCUT2D eigenvalue weighted by Crippen LogP contribution is 2.39. The fourth-order valence-corrected chi connectivity index (χ4v) is 3.02. The molecule has 0 spiro atoms. The van der Waals surface area contributed by atoms with E-state index in [1.807, 2.05) is 24.3 Å². The summed E-state index contributed by atoms with van der Waals surface area (Å²) in [5, 5.41) is 20.3. The van der Waals surface area contributed by atoms with Crippen LogP contribution in [0.4, 0.5) is 15.9 Å². The fraction of sp³-hybridized carbons (Fsp3) is 0.167. The molecule has 4 rings (SSSR count). The number of hydrogen-bond donors (Lipinski definition) is 3. The van der Waals surface area contributed by atoms with Crippen molar-refractivity contribution in [3.05, 3.63) is 65.0 Å². The first-order valence-electron chi connectivity index (χ1n) is 7.53. The van der Waals surface area contributed by atoms with Crippen LogP contribution in [0.3, 0.4) is 0 Å². The predicted molar refractivity (Wildman–Crippen MR) is 87.1 cm³/mol. The van der Waals surface area contributed by atoms with Crippen LogP contribution in [0, 0.1) is 5.82 Å². The van der Waals surface area contributed by atoms with E-state index in [1.54, 1.807) is 19.1 Å². The molecule has 0 radical (unpaired) electrons. The summed E-state index contributed by atoms with van der Waals surface area (Å²) < 4.78 is 13.4. The molecule has 1 aromatic heterocycles. The van der Waals surface area contributed by atoms with Gasteiger partial charge in [-0.2, -0.15) is 5.10 Å². The maximum atomic E-state index is 13.4. The van der Waals surface area contributed by atoms with Gasteiger partial charge in [0, 0.05) is 23.2 Å². The normalized spacial score (nSPS) is 13.5. The molecule has 1 atom stereocenters. The van der Waals surface area contributed by atoms with Crippen molar-refractivity contribution in [2.24, 2.45) is 0 Å². The maximum absolute atomic E-state index is 13.4. The van der Waals surface area contributed by atoms with Gasteiger partial charge in [0.2, 0.25) is 0 Å². The number of hydrogen-bond acceptors (Lipinski definition) is 3. The number of H-pyrrole nitrogens is 1. The first-order valence-corrected chi connectivity index (χ1v) is 7.53. The van der Waals surface area contributed by atoms with Gasteiger partial charge < -0.3 is 10.4 Å². The number of aromatic amines is 1. The smallest absolute Gasteiger partial charge is 0.156 e. The predicted octanol–water partition coefficient (Wildman–Crippen LogP) is 3.92. The summed E-state index contributed by atoms with van der Waals surface area (Å²) >= 11 is 0. The van der Waals surface area contributed by atoms with Gasteiger partial charge in [-0.25, -0.2) is 4.39 Å². The lowest BCUT2D eigenvalue weighted by Crippen LogP contribution is -1.97. The molecule has 0 fully saturated rings. The third-order valence-electron chi connectivity index (χ3n) is 4.20. The summed E-state index contributed by atoms with van der Waals surface area (Å²) in [6.45, 7) is 1.73. The molecule has 0 amide bonds. The number of rotatable bonds is 3. The lowest BCUT2D eigenvalue weighted by atomic mass is 10.1. The van der Waals surface area contributed by atoms with Gasteiger partial charge >= 0.3 is 0 Å². The monoisotopic (exact) mass is 309 g/mol. The van der Waals surface area contributed by atoms with E-state index in [-0.39, 0.29) is 5.82 Å². The molecule has 1 unspecified atom stereocenters. The Morgan fingerprint density at radius 1 is 1.26 bits per heavy atom. The van der Waals surface area contributed by atoms with E-state index in [0.29, 0.717) is 6.42 Å². The molecule has 0 aliphatic heterocycles. The number of nitrogens with one attached hydrogen (secondary N) is 2. The minimum atomic E-state index is -0.520. The zero-order valence-electron chi connectivity index (χ0n) is 12.6. The molecule has 4 nitrogen and oxygen atoms in total. The summed E-state index contributed by atoms with van der Waals surface area (Å²) in [6.07, 6.45) is 0.131. The second-order valence-electron chi connectivity index (χ2n) is 5.83. The molecule has 0 bridgehead atoms. The second-order valence-corrected chi connectivity index (χ2v) is 5.83. The Kier molecular flexibility index (Phi) is 3.16. The number of fused-ring (bicyclic) bond motifs is 3. The molecule has 5 heteroatoms. The van der Waals surface area contributed by atoms with Crippen LogP contribution in [0.15, 0.2) is 42.5 Å². The molecular formula is C18H16FN3O. The quantitative estimate of drug-likeness (QED) is 0.537. The minimum absolute atomic E-state index is 0.221. The van der Waals surface area contributed by atoms with Crippen LogP contribution >= 0.6 is 0 Å². The van der Waals surface area contributed by atoms with E-state index >= 15 is 0 Å².